The van der Waals surface area contributed by atoms with Crippen molar-refractivity contribution in [1.82, 2.24) is 5.32 Å². The van der Waals surface area contributed by atoms with E-state index in [-0.39, 0.29) is 24.9 Å². The molecule has 0 radical (unpaired) electrons. The van der Waals surface area contributed by atoms with Gasteiger partial charge in [0.15, 0.2) is 0 Å². The Kier molecular flexibility index (Phi) is 42.3. The predicted molar refractivity (Wildman–Crippen MR) is 245 cm³/mol. The third-order valence-electron chi connectivity index (χ3n) is 10.3. The molecule has 328 valence electrons. The minimum Gasteiger partial charge on any atom is -0.462 e. The summed E-state index contributed by atoms with van der Waals surface area (Å²) in [4.78, 5) is 26.0. The zero-order chi connectivity index (χ0) is 41.7. The second-order valence-corrected chi connectivity index (χ2v) is 15.8. The molecule has 6 nitrogen and oxygen atoms in total. The van der Waals surface area contributed by atoms with Gasteiger partial charge in [-0.2, -0.15) is 0 Å². The standard InChI is InChI=1S/C51H89NO5/c1-4-7-10-13-16-19-22-23-24-25-26-27-29-32-35-38-41-44-51(56)57-47(42-39-36-33-30-28-20-17-14-11-8-5-2)45-50(55)52-48(46-53)49(54)43-40-37-34-31-21-18-15-12-9-6-3/h8,11,14,16-17,19-20,23-24,26-28,47-49,53-54H,4-7,9-10,12-13,15,18,21-22,25,29-46H2,1-3H3,(H,52,55)/b11-8+,17-14+,19-16-,24-23-,27-26-,28-20-. The van der Waals surface area contributed by atoms with Gasteiger partial charge in [-0.15, -0.1) is 0 Å². The van der Waals surface area contributed by atoms with E-state index in [9.17, 15) is 19.8 Å². The number of rotatable bonds is 41. The number of carbonyl (C=O) groups excluding carboxylic acids is 2. The second kappa shape index (κ2) is 44.4. The summed E-state index contributed by atoms with van der Waals surface area (Å²) in [5.41, 5.74) is 0. The van der Waals surface area contributed by atoms with Crippen LogP contribution in [0.1, 0.15) is 213 Å². The number of unbranched alkanes of at least 4 members (excludes halogenated alkanes) is 19. The molecule has 0 saturated carbocycles. The van der Waals surface area contributed by atoms with Crippen LogP contribution in [0.3, 0.4) is 0 Å². The summed E-state index contributed by atoms with van der Waals surface area (Å²) in [5, 5.41) is 23.6. The van der Waals surface area contributed by atoms with E-state index >= 15 is 0 Å². The van der Waals surface area contributed by atoms with Crippen LogP contribution in [0.4, 0.5) is 0 Å². The molecule has 0 aromatic heterocycles. The summed E-state index contributed by atoms with van der Waals surface area (Å²) >= 11 is 0. The Morgan fingerprint density at radius 2 is 1.02 bits per heavy atom. The second-order valence-electron chi connectivity index (χ2n) is 15.8. The third kappa shape index (κ3) is 39.9. The van der Waals surface area contributed by atoms with E-state index in [2.05, 4.69) is 86.8 Å². The molecule has 0 fully saturated rings. The molecule has 0 spiro atoms. The van der Waals surface area contributed by atoms with Crippen LogP contribution in [0.25, 0.3) is 0 Å². The quantitative estimate of drug-likeness (QED) is 0.0248. The number of hydrogen-bond acceptors (Lipinski definition) is 5. The Morgan fingerprint density at radius 3 is 1.63 bits per heavy atom. The van der Waals surface area contributed by atoms with Crippen molar-refractivity contribution in [3.63, 3.8) is 0 Å². The Balaban J connectivity index is 4.64. The van der Waals surface area contributed by atoms with E-state index in [1.807, 2.05) is 12.2 Å². The number of carbonyl (C=O) groups is 2. The molecule has 3 atom stereocenters. The van der Waals surface area contributed by atoms with Crippen molar-refractivity contribution < 1.29 is 24.5 Å². The van der Waals surface area contributed by atoms with E-state index in [1.165, 1.54) is 70.6 Å². The lowest BCUT2D eigenvalue weighted by atomic mass is 10.0. The zero-order valence-electron chi connectivity index (χ0n) is 37.2. The molecule has 1 amide bonds. The first kappa shape index (κ1) is 54.3. The fourth-order valence-corrected chi connectivity index (χ4v) is 6.73. The van der Waals surface area contributed by atoms with Gasteiger partial charge in [-0.05, 0) is 83.5 Å². The number of esters is 1. The molecule has 0 aliphatic carbocycles. The van der Waals surface area contributed by atoms with Crippen LogP contribution in [0, 0.1) is 0 Å². The first-order valence-electron chi connectivity index (χ1n) is 23.7. The van der Waals surface area contributed by atoms with Gasteiger partial charge in [0, 0.05) is 6.42 Å². The van der Waals surface area contributed by atoms with Gasteiger partial charge in [0.1, 0.15) is 6.10 Å². The van der Waals surface area contributed by atoms with Crippen molar-refractivity contribution in [2.45, 2.75) is 232 Å². The fraction of sp³-hybridized carbons (Fsp3) is 0.725. The van der Waals surface area contributed by atoms with Gasteiger partial charge in [0.25, 0.3) is 0 Å². The lowest BCUT2D eigenvalue weighted by molar-refractivity contribution is -0.151. The number of aliphatic hydroxyl groups excluding tert-OH is 2. The van der Waals surface area contributed by atoms with Gasteiger partial charge in [0.05, 0.1) is 25.2 Å². The summed E-state index contributed by atoms with van der Waals surface area (Å²) in [5.74, 6) is -0.541. The molecular formula is C51H89NO5. The van der Waals surface area contributed by atoms with Crippen molar-refractivity contribution in [1.29, 1.82) is 0 Å². The highest BCUT2D eigenvalue weighted by Crippen LogP contribution is 2.17. The van der Waals surface area contributed by atoms with Gasteiger partial charge in [-0.1, -0.05) is 190 Å². The number of ether oxygens (including phenoxy) is 1. The van der Waals surface area contributed by atoms with Crippen LogP contribution in [-0.4, -0.2) is 46.9 Å². The zero-order valence-corrected chi connectivity index (χ0v) is 37.2. The molecule has 57 heavy (non-hydrogen) atoms. The van der Waals surface area contributed by atoms with Gasteiger partial charge in [0.2, 0.25) is 5.91 Å². The molecule has 0 heterocycles. The Bertz CT molecular complexity index is 1070. The lowest BCUT2D eigenvalue weighted by Crippen LogP contribution is -2.46. The van der Waals surface area contributed by atoms with Gasteiger partial charge in [-0.25, -0.2) is 0 Å². The summed E-state index contributed by atoms with van der Waals surface area (Å²) in [6.45, 7) is 6.27. The average molecular weight is 796 g/mol. The summed E-state index contributed by atoms with van der Waals surface area (Å²) in [7, 11) is 0. The number of hydrogen-bond donors (Lipinski definition) is 3. The van der Waals surface area contributed by atoms with E-state index < -0.39 is 18.2 Å². The van der Waals surface area contributed by atoms with Crippen LogP contribution < -0.4 is 5.32 Å². The number of amides is 1. The normalized spacial score (nSPS) is 14.0. The predicted octanol–water partition coefficient (Wildman–Crippen LogP) is 13.8. The molecule has 0 aliphatic rings. The molecule has 0 saturated heterocycles. The van der Waals surface area contributed by atoms with Crippen molar-refractivity contribution in [2.24, 2.45) is 0 Å². The topological polar surface area (TPSA) is 95.9 Å². The molecule has 6 heteroatoms. The molecule has 3 N–H and O–H groups in total. The van der Waals surface area contributed by atoms with Crippen molar-refractivity contribution in [2.75, 3.05) is 6.61 Å². The van der Waals surface area contributed by atoms with Crippen LogP contribution >= 0.6 is 0 Å². The minimum absolute atomic E-state index is 0.0421. The first-order valence-corrected chi connectivity index (χ1v) is 23.7. The third-order valence-corrected chi connectivity index (χ3v) is 10.3. The summed E-state index contributed by atoms with van der Waals surface area (Å²) < 4.78 is 5.88. The SMILES string of the molecule is CC/C=C/C=C/C=C\CCCCCC(CC(=O)NC(CO)C(O)CCCCCCCCCCCC)OC(=O)CCCCCC/C=C\C/C=C\C/C=C\CCCCC. The van der Waals surface area contributed by atoms with Crippen molar-refractivity contribution in [3.8, 4) is 0 Å². The van der Waals surface area contributed by atoms with Gasteiger partial charge < -0.3 is 20.3 Å². The maximum atomic E-state index is 13.1. The first-order chi connectivity index (χ1) is 28.0. The molecular weight excluding hydrogens is 707 g/mol. The van der Waals surface area contributed by atoms with Crippen LogP contribution in [-0.2, 0) is 14.3 Å². The van der Waals surface area contributed by atoms with E-state index in [0.29, 0.717) is 19.3 Å². The monoisotopic (exact) mass is 796 g/mol. The lowest BCUT2D eigenvalue weighted by Gasteiger charge is -2.24. The fourth-order valence-electron chi connectivity index (χ4n) is 6.73. The van der Waals surface area contributed by atoms with Gasteiger partial charge in [-0.3, -0.25) is 9.59 Å². The van der Waals surface area contributed by atoms with E-state index in [0.717, 1.165) is 96.3 Å². The molecule has 0 aromatic rings. The Labute approximate surface area is 351 Å². The Morgan fingerprint density at radius 1 is 0.544 bits per heavy atom. The molecule has 0 aromatic carbocycles. The largest absolute Gasteiger partial charge is 0.462 e. The highest BCUT2D eigenvalue weighted by atomic mass is 16.5. The van der Waals surface area contributed by atoms with E-state index in [1.54, 1.807) is 0 Å². The van der Waals surface area contributed by atoms with Gasteiger partial charge >= 0.3 is 5.97 Å². The molecule has 0 rings (SSSR count). The molecule has 0 aliphatic heterocycles. The molecule has 3 unspecified atom stereocenters. The summed E-state index contributed by atoms with van der Waals surface area (Å²) in [6, 6.07) is -0.718. The molecule has 0 bridgehead atoms. The number of allylic oxidation sites excluding steroid dienone is 12. The highest BCUT2D eigenvalue weighted by molar-refractivity contribution is 5.77. The maximum Gasteiger partial charge on any atom is 0.306 e. The van der Waals surface area contributed by atoms with Crippen LogP contribution in [0.2, 0.25) is 0 Å². The number of nitrogens with one attached hydrogen (secondary N) is 1. The van der Waals surface area contributed by atoms with Crippen molar-refractivity contribution in [3.05, 3.63) is 72.9 Å². The van der Waals surface area contributed by atoms with E-state index in [4.69, 9.17) is 4.74 Å². The van der Waals surface area contributed by atoms with Crippen LogP contribution in [0.5, 0.6) is 0 Å². The highest BCUT2D eigenvalue weighted by Gasteiger charge is 2.24. The van der Waals surface area contributed by atoms with Crippen molar-refractivity contribution >= 4 is 11.9 Å². The van der Waals surface area contributed by atoms with Crippen LogP contribution in [0.15, 0.2) is 72.9 Å². The number of aliphatic hydroxyl groups is 2. The summed E-state index contributed by atoms with van der Waals surface area (Å²) in [6.07, 6.45) is 55.3. The Hall–Kier alpha value is -2.70. The average Bonchev–Trinajstić information content (AvgIpc) is 3.20. The smallest absolute Gasteiger partial charge is 0.306 e. The minimum atomic E-state index is -0.802. The maximum absolute atomic E-state index is 13.1.